The minimum atomic E-state index is -0.577. The van der Waals surface area contributed by atoms with Crippen molar-refractivity contribution in [3.63, 3.8) is 0 Å². The Morgan fingerprint density at radius 1 is 0.846 bits per heavy atom. The molecule has 0 radical (unpaired) electrons. The summed E-state index contributed by atoms with van der Waals surface area (Å²) in [5, 5.41) is 0. The van der Waals surface area contributed by atoms with Crippen LogP contribution in [0.3, 0.4) is 0 Å². The molecule has 2 aromatic rings. The van der Waals surface area contributed by atoms with E-state index in [9.17, 15) is 14.4 Å². The lowest BCUT2D eigenvalue weighted by molar-refractivity contribution is -0.111. The van der Waals surface area contributed by atoms with Crippen molar-refractivity contribution in [2.24, 2.45) is 0 Å². The van der Waals surface area contributed by atoms with Gasteiger partial charge >= 0.3 is 11.9 Å². The van der Waals surface area contributed by atoms with Gasteiger partial charge in [-0.1, -0.05) is 0 Å². The molecule has 7 nitrogen and oxygen atoms in total. The number of ketones is 1. The number of allylic oxidation sites excluding steroid dienone is 2. The molecular weight excluding hydrogens is 340 g/mol. The van der Waals surface area contributed by atoms with Gasteiger partial charge in [-0.15, -0.1) is 0 Å². The Morgan fingerprint density at radius 2 is 1.27 bits per heavy atom. The molecule has 1 aliphatic carbocycles. The second-order valence-electron chi connectivity index (χ2n) is 5.56. The van der Waals surface area contributed by atoms with Crippen LogP contribution < -0.4 is 0 Å². The fourth-order valence-electron chi connectivity index (χ4n) is 2.60. The van der Waals surface area contributed by atoms with E-state index in [2.05, 4.69) is 9.47 Å². The highest BCUT2D eigenvalue weighted by Gasteiger charge is 2.24. The Kier molecular flexibility index (Phi) is 4.88. The van der Waals surface area contributed by atoms with E-state index in [4.69, 9.17) is 8.83 Å². The third-order valence-electron chi connectivity index (χ3n) is 3.91. The average Bonchev–Trinajstić information content (AvgIpc) is 3.38. The highest BCUT2D eigenvalue weighted by molar-refractivity contribution is 6.15. The highest BCUT2D eigenvalue weighted by Crippen LogP contribution is 2.30. The summed E-state index contributed by atoms with van der Waals surface area (Å²) in [7, 11) is 2.53. The third kappa shape index (κ3) is 3.51. The molecule has 2 aromatic heterocycles. The number of rotatable bonds is 4. The molecule has 0 bridgehead atoms. The first-order valence-corrected chi connectivity index (χ1v) is 7.84. The molecule has 7 heteroatoms. The van der Waals surface area contributed by atoms with E-state index < -0.39 is 11.9 Å². The molecule has 0 aliphatic heterocycles. The van der Waals surface area contributed by atoms with Gasteiger partial charge in [0.25, 0.3) is 0 Å². The van der Waals surface area contributed by atoms with Crippen molar-refractivity contribution in [3.8, 4) is 0 Å². The maximum absolute atomic E-state index is 12.5. The first-order chi connectivity index (χ1) is 12.5. The predicted molar refractivity (Wildman–Crippen MR) is 90.3 cm³/mol. The SMILES string of the molecule is COC(=O)c1ccc(C=C2CCC(=Cc3ccc(C(=O)OC)o3)C2=O)o1. The summed E-state index contributed by atoms with van der Waals surface area (Å²) >= 11 is 0. The van der Waals surface area contributed by atoms with E-state index in [-0.39, 0.29) is 17.3 Å². The van der Waals surface area contributed by atoms with Gasteiger partial charge in [0, 0.05) is 11.1 Å². The van der Waals surface area contributed by atoms with E-state index in [1.807, 2.05) is 0 Å². The van der Waals surface area contributed by atoms with Crippen LogP contribution in [0.15, 0.2) is 44.2 Å². The monoisotopic (exact) mass is 356 g/mol. The molecule has 0 unspecified atom stereocenters. The lowest BCUT2D eigenvalue weighted by Gasteiger charge is -1.95. The van der Waals surface area contributed by atoms with Crippen LogP contribution in [-0.2, 0) is 14.3 Å². The molecule has 0 spiro atoms. The first kappa shape index (κ1) is 17.5. The highest BCUT2D eigenvalue weighted by atomic mass is 16.5. The van der Waals surface area contributed by atoms with Crippen LogP contribution in [0.4, 0.5) is 0 Å². The minimum Gasteiger partial charge on any atom is -0.463 e. The van der Waals surface area contributed by atoms with Crippen molar-refractivity contribution >= 4 is 29.9 Å². The van der Waals surface area contributed by atoms with Crippen LogP contribution in [-0.4, -0.2) is 31.9 Å². The molecule has 0 amide bonds. The Bertz CT molecular complexity index is 849. The standard InChI is InChI=1S/C19H16O7/c1-23-18(21)15-7-5-13(25-15)9-11-3-4-12(17(11)20)10-14-6-8-16(26-14)19(22)24-2/h5-10H,3-4H2,1-2H3. The molecule has 134 valence electrons. The zero-order valence-corrected chi connectivity index (χ0v) is 14.2. The van der Waals surface area contributed by atoms with Gasteiger partial charge in [0.05, 0.1) is 14.2 Å². The lowest BCUT2D eigenvalue weighted by Crippen LogP contribution is -1.98. The summed E-state index contributed by atoms with van der Waals surface area (Å²) in [5.41, 5.74) is 1.14. The second-order valence-corrected chi connectivity index (χ2v) is 5.56. The fourth-order valence-corrected chi connectivity index (χ4v) is 2.60. The van der Waals surface area contributed by atoms with Gasteiger partial charge < -0.3 is 18.3 Å². The van der Waals surface area contributed by atoms with Gasteiger partial charge in [0.1, 0.15) is 11.5 Å². The zero-order chi connectivity index (χ0) is 18.7. The maximum atomic E-state index is 12.5. The van der Waals surface area contributed by atoms with Gasteiger partial charge in [-0.25, -0.2) is 9.59 Å². The minimum absolute atomic E-state index is 0.0755. The topological polar surface area (TPSA) is 96.0 Å². The quantitative estimate of drug-likeness (QED) is 0.613. The Labute approximate surface area is 148 Å². The molecule has 0 N–H and O–H groups in total. The van der Waals surface area contributed by atoms with Gasteiger partial charge in [-0.05, 0) is 49.3 Å². The number of ether oxygens (including phenoxy) is 2. The number of carbonyl (C=O) groups is 3. The summed E-state index contributed by atoms with van der Waals surface area (Å²) in [4.78, 5) is 35.3. The van der Waals surface area contributed by atoms with E-state index >= 15 is 0 Å². The van der Waals surface area contributed by atoms with Crippen molar-refractivity contribution in [1.82, 2.24) is 0 Å². The lowest BCUT2D eigenvalue weighted by atomic mass is 10.1. The number of esters is 2. The molecule has 1 fully saturated rings. The van der Waals surface area contributed by atoms with Crippen LogP contribution in [0, 0.1) is 0 Å². The Morgan fingerprint density at radius 3 is 1.65 bits per heavy atom. The number of methoxy groups -OCH3 is 2. The summed E-state index contributed by atoms with van der Waals surface area (Å²) in [5.74, 6) is -0.323. The van der Waals surface area contributed by atoms with Crippen LogP contribution in [0.2, 0.25) is 0 Å². The first-order valence-electron chi connectivity index (χ1n) is 7.84. The van der Waals surface area contributed by atoms with Crippen LogP contribution in [0.5, 0.6) is 0 Å². The summed E-state index contributed by atoms with van der Waals surface area (Å²) < 4.78 is 19.9. The molecule has 1 aliphatic rings. The summed E-state index contributed by atoms with van der Waals surface area (Å²) in [6, 6.07) is 6.18. The second kappa shape index (κ2) is 7.26. The Hall–Kier alpha value is -3.35. The van der Waals surface area contributed by atoms with Crippen molar-refractivity contribution in [1.29, 1.82) is 0 Å². The normalized spacial score (nSPS) is 17.1. The van der Waals surface area contributed by atoms with Crippen molar-refractivity contribution in [3.05, 3.63) is 58.5 Å². The van der Waals surface area contributed by atoms with Gasteiger partial charge in [0.15, 0.2) is 5.78 Å². The van der Waals surface area contributed by atoms with Gasteiger partial charge in [-0.2, -0.15) is 0 Å². The zero-order valence-electron chi connectivity index (χ0n) is 14.2. The van der Waals surface area contributed by atoms with Crippen molar-refractivity contribution in [2.75, 3.05) is 14.2 Å². The molecule has 26 heavy (non-hydrogen) atoms. The number of hydrogen-bond acceptors (Lipinski definition) is 7. The van der Waals surface area contributed by atoms with E-state index in [0.717, 1.165) is 0 Å². The smallest absolute Gasteiger partial charge is 0.373 e. The van der Waals surface area contributed by atoms with E-state index in [1.165, 1.54) is 26.4 Å². The van der Waals surface area contributed by atoms with Gasteiger partial charge in [0.2, 0.25) is 11.5 Å². The van der Waals surface area contributed by atoms with E-state index in [0.29, 0.717) is 35.5 Å². The van der Waals surface area contributed by atoms with Crippen LogP contribution in [0.1, 0.15) is 45.5 Å². The summed E-state index contributed by atoms with van der Waals surface area (Å²) in [6.45, 7) is 0. The molecular formula is C19H16O7. The van der Waals surface area contributed by atoms with Gasteiger partial charge in [-0.3, -0.25) is 4.79 Å². The maximum Gasteiger partial charge on any atom is 0.373 e. The third-order valence-corrected chi connectivity index (χ3v) is 3.91. The molecule has 0 saturated heterocycles. The van der Waals surface area contributed by atoms with E-state index in [1.54, 1.807) is 24.3 Å². The van der Waals surface area contributed by atoms with Crippen LogP contribution >= 0.6 is 0 Å². The molecule has 0 aromatic carbocycles. The largest absolute Gasteiger partial charge is 0.463 e. The van der Waals surface area contributed by atoms with Crippen LogP contribution in [0.25, 0.3) is 12.2 Å². The number of hydrogen-bond donors (Lipinski definition) is 0. The van der Waals surface area contributed by atoms with Crippen molar-refractivity contribution < 1.29 is 32.7 Å². The number of furan rings is 2. The predicted octanol–water partition coefficient (Wildman–Crippen LogP) is 3.28. The summed E-state index contributed by atoms with van der Waals surface area (Å²) in [6.07, 6.45) is 4.31. The molecule has 2 heterocycles. The average molecular weight is 356 g/mol. The fraction of sp³-hybridized carbons (Fsp3) is 0.211. The number of Topliss-reactive ketones (excluding diaryl/α,β-unsaturated/α-hetero) is 1. The molecule has 1 saturated carbocycles. The number of carbonyl (C=O) groups excluding carboxylic acids is 3. The molecule has 3 rings (SSSR count). The Balaban J connectivity index is 1.77. The molecule has 0 atom stereocenters. The van der Waals surface area contributed by atoms with Crippen molar-refractivity contribution in [2.45, 2.75) is 12.8 Å².